The molecule has 0 aliphatic heterocycles. The Kier molecular flexibility index (Phi) is 6.69. The van der Waals surface area contributed by atoms with Gasteiger partial charge in [-0.3, -0.25) is 0 Å². The molecule has 0 amide bonds. The van der Waals surface area contributed by atoms with Gasteiger partial charge < -0.3 is 0 Å². The Balaban J connectivity index is 1.22. The molecule has 0 heterocycles. The second kappa shape index (κ2) is 9.00. The molecule has 3 atom stereocenters. The van der Waals surface area contributed by atoms with E-state index in [2.05, 4.69) is 13.8 Å². The van der Waals surface area contributed by atoms with Crippen LogP contribution >= 0.6 is 0 Å². The average molecular weight is 359 g/mol. The van der Waals surface area contributed by atoms with Gasteiger partial charge in [0.15, 0.2) is 0 Å². The quantitative estimate of drug-likeness (QED) is 0.476. The Labute approximate surface area is 164 Å². The lowest BCUT2D eigenvalue weighted by atomic mass is 9.61. The molecule has 0 saturated heterocycles. The van der Waals surface area contributed by atoms with Gasteiger partial charge in [-0.05, 0) is 105 Å². The van der Waals surface area contributed by atoms with Crippen LogP contribution in [0.2, 0.25) is 0 Å². The fourth-order valence-corrected chi connectivity index (χ4v) is 8.00. The van der Waals surface area contributed by atoms with Crippen molar-refractivity contribution in [3.8, 4) is 0 Å². The van der Waals surface area contributed by atoms with Gasteiger partial charge in [0.2, 0.25) is 0 Å². The van der Waals surface area contributed by atoms with Crippen LogP contribution in [-0.4, -0.2) is 0 Å². The van der Waals surface area contributed by atoms with Gasteiger partial charge in [-0.25, -0.2) is 0 Å². The van der Waals surface area contributed by atoms with Crippen molar-refractivity contribution in [2.24, 2.45) is 47.3 Å². The summed E-state index contributed by atoms with van der Waals surface area (Å²) in [4.78, 5) is 0. The van der Waals surface area contributed by atoms with Crippen LogP contribution in [0, 0.1) is 47.3 Å². The SMILES string of the molecule is CC1CCC(C2CCC(C3CCC(C4CCCCC4)C(C)C3)CC2)CC1. The van der Waals surface area contributed by atoms with Crippen molar-refractivity contribution in [1.29, 1.82) is 0 Å². The Bertz CT molecular complexity index is 404. The smallest absolute Gasteiger partial charge is 0.0360 e. The van der Waals surface area contributed by atoms with Crippen LogP contribution in [0.1, 0.15) is 117 Å². The van der Waals surface area contributed by atoms with Crippen molar-refractivity contribution >= 4 is 0 Å². The molecule has 0 bridgehead atoms. The molecule has 0 aromatic carbocycles. The highest BCUT2D eigenvalue weighted by Crippen LogP contribution is 2.49. The number of rotatable bonds is 3. The third-order valence-corrected chi connectivity index (χ3v) is 9.74. The van der Waals surface area contributed by atoms with E-state index in [0.717, 1.165) is 47.3 Å². The van der Waals surface area contributed by atoms with Gasteiger partial charge in [-0.1, -0.05) is 58.8 Å². The monoisotopic (exact) mass is 358 g/mol. The number of hydrogen-bond donors (Lipinski definition) is 0. The Hall–Kier alpha value is 0. The van der Waals surface area contributed by atoms with Crippen LogP contribution in [0.5, 0.6) is 0 Å². The molecule has 0 nitrogen and oxygen atoms in total. The van der Waals surface area contributed by atoms with E-state index in [9.17, 15) is 0 Å². The fraction of sp³-hybridized carbons (Fsp3) is 1.00. The predicted octanol–water partition coefficient (Wildman–Crippen LogP) is 8.25. The minimum atomic E-state index is 1.02. The first kappa shape index (κ1) is 19.3. The lowest BCUT2D eigenvalue weighted by molar-refractivity contribution is 0.0599. The predicted molar refractivity (Wildman–Crippen MR) is 113 cm³/mol. The maximum Gasteiger partial charge on any atom is -0.0360 e. The number of hydrogen-bond acceptors (Lipinski definition) is 0. The minimum absolute atomic E-state index is 1.02. The molecular weight excluding hydrogens is 312 g/mol. The van der Waals surface area contributed by atoms with E-state index >= 15 is 0 Å². The van der Waals surface area contributed by atoms with Crippen molar-refractivity contribution in [2.75, 3.05) is 0 Å². The van der Waals surface area contributed by atoms with E-state index in [1.165, 1.54) is 32.1 Å². The van der Waals surface area contributed by atoms with Gasteiger partial charge in [0, 0.05) is 0 Å². The summed E-state index contributed by atoms with van der Waals surface area (Å²) in [5.74, 6) is 8.64. The summed E-state index contributed by atoms with van der Waals surface area (Å²) in [5.41, 5.74) is 0. The first-order valence-corrected chi connectivity index (χ1v) is 12.7. The van der Waals surface area contributed by atoms with Crippen LogP contribution in [-0.2, 0) is 0 Å². The zero-order chi connectivity index (χ0) is 17.9. The molecule has 4 aliphatic rings. The molecule has 0 spiro atoms. The van der Waals surface area contributed by atoms with Crippen LogP contribution in [0.25, 0.3) is 0 Å². The highest BCUT2D eigenvalue weighted by molar-refractivity contribution is 4.89. The van der Waals surface area contributed by atoms with Gasteiger partial charge >= 0.3 is 0 Å². The summed E-state index contributed by atoms with van der Waals surface area (Å²) in [6.07, 6.45) is 24.9. The van der Waals surface area contributed by atoms with Gasteiger partial charge in [0.05, 0.1) is 0 Å². The molecule has 4 fully saturated rings. The molecule has 0 aromatic heterocycles. The molecule has 0 heteroatoms. The van der Waals surface area contributed by atoms with Crippen molar-refractivity contribution in [3.05, 3.63) is 0 Å². The second-order valence-corrected chi connectivity index (χ2v) is 11.3. The lowest BCUT2D eigenvalue weighted by Crippen LogP contribution is -2.34. The third kappa shape index (κ3) is 4.52. The summed E-state index contributed by atoms with van der Waals surface area (Å²) in [5, 5.41) is 0. The molecule has 4 aliphatic carbocycles. The summed E-state index contributed by atoms with van der Waals surface area (Å²) >= 11 is 0. The normalized spacial score (nSPS) is 46.2. The summed E-state index contributed by atoms with van der Waals surface area (Å²) in [6.45, 7) is 5.10. The van der Waals surface area contributed by atoms with Gasteiger partial charge in [0.25, 0.3) is 0 Å². The molecule has 0 aromatic rings. The van der Waals surface area contributed by atoms with Gasteiger partial charge in [0.1, 0.15) is 0 Å². The van der Waals surface area contributed by atoms with Crippen molar-refractivity contribution < 1.29 is 0 Å². The molecule has 0 radical (unpaired) electrons. The molecule has 3 unspecified atom stereocenters. The molecule has 26 heavy (non-hydrogen) atoms. The van der Waals surface area contributed by atoms with E-state index in [1.807, 2.05) is 0 Å². The molecule has 150 valence electrons. The van der Waals surface area contributed by atoms with Crippen molar-refractivity contribution in [2.45, 2.75) is 117 Å². The lowest BCUT2D eigenvalue weighted by Gasteiger charge is -2.45. The third-order valence-electron chi connectivity index (χ3n) is 9.74. The average Bonchev–Trinajstić information content (AvgIpc) is 2.69. The second-order valence-electron chi connectivity index (χ2n) is 11.3. The minimum Gasteiger partial charge on any atom is -0.0625 e. The topological polar surface area (TPSA) is 0 Å². The molecule has 0 N–H and O–H groups in total. The zero-order valence-electron chi connectivity index (χ0n) is 17.9. The summed E-state index contributed by atoms with van der Waals surface area (Å²) < 4.78 is 0. The van der Waals surface area contributed by atoms with Crippen LogP contribution in [0.3, 0.4) is 0 Å². The highest BCUT2D eigenvalue weighted by atomic mass is 14.4. The van der Waals surface area contributed by atoms with Crippen molar-refractivity contribution in [1.82, 2.24) is 0 Å². The Morgan fingerprint density at radius 2 is 0.923 bits per heavy atom. The maximum absolute atomic E-state index is 2.63. The standard InChI is InChI=1S/C26H46/c1-19-8-10-21(11-9-19)22-12-14-23(15-13-22)25-16-17-26(20(2)18-25)24-6-4-3-5-7-24/h19-26H,3-18H2,1-2H3. The summed E-state index contributed by atoms with van der Waals surface area (Å²) in [6, 6.07) is 0. The largest absolute Gasteiger partial charge is 0.0625 e. The first-order chi connectivity index (χ1) is 12.7. The van der Waals surface area contributed by atoms with E-state index in [4.69, 9.17) is 0 Å². The first-order valence-electron chi connectivity index (χ1n) is 12.7. The Morgan fingerprint density at radius 1 is 0.423 bits per heavy atom. The van der Waals surface area contributed by atoms with Gasteiger partial charge in [-0.15, -0.1) is 0 Å². The highest BCUT2D eigenvalue weighted by Gasteiger charge is 2.38. The van der Waals surface area contributed by atoms with Crippen LogP contribution in [0.15, 0.2) is 0 Å². The zero-order valence-corrected chi connectivity index (χ0v) is 17.9. The van der Waals surface area contributed by atoms with E-state index in [-0.39, 0.29) is 0 Å². The molecule has 4 rings (SSSR count). The Morgan fingerprint density at radius 3 is 1.50 bits per heavy atom. The van der Waals surface area contributed by atoms with Crippen LogP contribution in [0.4, 0.5) is 0 Å². The van der Waals surface area contributed by atoms with Crippen molar-refractivity contribution in [3.63, 3.8) is 0 Å². The van der Waals surface area contributed by atoms with E-state index in [1.54, 1.807) is 70.6 Å². The van der Waals surface area contributed by atoms with Crippen LogP contribution < -0.4 is 0 Å². The molecular formula is C26H46. The molecule has 4 saturated carbocycles. The van der Waals surface area contributed by atoms with E-state index in [0.29, 0.717) is 0 Å². The fourth-order valence-electron chi connectivity index (χ4n) is 8.00. The van der Waals surface area contributed by atoms with E-state index < -0.39 is 0 Å². The maximum atomic E-state index is 2.63. The summed E-state index contributed by atoms with van der Waals surface area (Å²) in [7, 11) is 0. The van der Waals surface area contributed by atoms with Gasteiger partial charge in [-0.2, -0.15) is 0 Å².